The summed E-state index contributed by atoms with van der Waals surface area (Å²) in [6, 6.07) is 12.9. The van der Waals surface area contributed by atoms with Crippen molar-refractivity contribution in [3.05, 3.63) is 54.3 Å². The number of carbonyl (C=O) groups is 3. The predicted molar refractivity (Wildman–Crippen MR) is 105 cm³/mol. The van der Waals surface area contributed by atoms with Crippen LogP contribution in [0.1, 0.15) is 6.42 Å². The van der Waals surface area contributed by atoms with E-state index < -0.39 is 30.2 Å². The highest BCUT2D eigenvalue weighted by molar-refractivity contribution is 7.98. The quantitative estimate of drug-likeness (QED) is 0.594. The van der Waals surface area contributed by atoms with Crippen LogP contribution in [0, 0.1) is 11.7 Å². The minimum absolute atomic E-state index is 0.0356. The Kier molecular flexibility index (Phi) is 6.30. The maximum Gasteiger partial charge on any atom is 0.311 e. The van der Waals surface area contributed by atoms with E-state index in [1.165, 1.54) is 18.2 Å². The second-order valence-corrected chi connectivity index (χ2v) is 7.15. The number of ether oxygens (including phenoxy) is 1. The molecule has 0 aliphatic carbocycles. The Morgan fingerprint density at radius 3 is 2.79 bits per heavy atom. The Hall–Kier alpha value is -2.87. The van der Waals surface area contributed by atoms with E-state index >= 15 is 0 Å². The normalized spacial score (nSPS) is 16.1. The second-order valence-electron chi connectivity index (χ2n) is 6.27. The monoisotopic (exact) mass is 402 g/mol. The topological polar surface area (TPSA) is 75.7 Å². The Morgan fingerprint density at radius 1 is 1.25 bits per heavy atom. The number of esters is 1. The van der Waals surface area contributed by atoms with Gasteiger partial charge in [-0.3, -0.25) is 14.4 Å². The largest absolute Gasteiger partial charge is 0.455 e. The molecule has 1 atom stereocenters. The summed E-state index contributed by atoms with van der Waals surface area (Å²) in [4.78, 5) is 39.0. The lowest BCUT2D eigenvalue weighted by Gasteiger charge is -2.17. The number of nitrogens with zero attached hydrogens (tertiary/aromatic N) is 1. The van der Waals surface area contributed by atoms with Gasteiger partial charge in [0, 0.05) is 29.2 Å². The minimum atomic E-state index is -0.632. The maximum atomic E-state index is 13.1. The molecule has 1 fully saturated rings. The third-order valence-corrected chi connectivity index (χ3v) is 5.00. The fourth-order valence-corrected chi connectivity index (χ4v) is 3.36. The van der Waals surface area contributed by atoms with E-state index in [0.29, 0.717) is 0 Å². The first-order chi connectivity index (χ1) is 13.5. The van der Waals surface area contributed by atoms with Crippen molar-refractivity contribution in [3.8, 4) is 0 Å². The van der Waals surface area contributed by atoms with Gasteiger partial charge in [-0.25, -0.2) is 4.39 Å². The third kappa shape index (κ3) is 4.89. The number of amides is 2. The molecule has 0 aromatic heterocycles. The number of hydrogen-bond donors (Lipinski definition) is 1. The van der Waals surface area contributed by atoms with Crippen molar-refractivity contribution >= 4 is 40.9 Å². The van der Waals surface area contributed by atoms with Crippen molar-refractivity contribution in [2.45, 2.75) is 11.3 Å². The molecule has 146 valence electrons. The average molecular weight is 402 g/mol. The number of carbonyl (C=O) groups excluding carboxylic acids is 3. The van der Waals surface area contributed by atoms with Crippen LogP contribution in [0.15, 0.2) is 53.4 Å². The van der Waals surface area contributed by atoms with Gasteiger partial charge >= 0.3 is 5.97 Å². The molecule has 0 bridgehead atoms. The molecular formula is C20H19FN2O4S. The SMILES string of the molecule is CSc1cccc(N2C[C@H](C(=O)OCC(=O)Nc3cccc(F)c3)CC2=O)c1. The first kappa shape index (κ1) is 19.9. The van der Waals surface area contributed by atoms with Crippen LogP contribution >= 0.6 is 11.8 Å². The van der Waals surface area contributed by atoms with Gasteiger partial charge in [0.25, 0.3) is 5.91 Å². The molecule has 1 saturated heterocycles. The molecule has 1 aliphatic heterocycles. The number of nitrogens with one attached hydrogen (secondary N) is 1. The lowest BCUT2D eigenvalue weighted by molar-refractivity contribution is -0.151. The number of hydrogen-bond acceptors (Lipinski definition) is 5. The van der Waals surface area contributed by atoms with E-state index in [2.05, 4.69) is 5.32 Å². The molecule has 0 unspecified atom stereocenters. The predicted octanol–water partition coefficient (Wildman–Crippen LogP) is 3.08. The van der Waals surface area contributed by atoms with Crippen molar-refractivity contribution in [3.63, 3.8) is 0 Å². The van der Waals surface area contributed by atoms with Crippen molar-refractivity contribution in [2.75, 3.05) is 29.6 Å². The van der Waals surface area contributed by atoms with Gasteiger partial charge in [0.05, 0.1) is 5.92 Å². The fourth-order valence-electron chi connectivity index (χ4n) is 2.91. The zero-order valence-corrected chi connectivity index (χ0v) is 16.0. The summed E-state index contributed by atoms with van der Waals surface area (Å²) in [6.45, 7) is -0.289. The summed E-state index contributed by atoms with van der Waals surface area (Å²) < 4.78 is 18.2. The van der Waals surface area contributed by atoms with E-state index in [4.69, 9.17) is 4.74 Å². The molecule has 28 heavy (non-hydrogen) atoms. The van der Waals surface area contributed by atoms with Gasteiger partial charge < -0.3 is 15.0 Å². The van der Waals surface area contributed by atoms with Crippen LogP contribution in [0.3, 0.4) is 0 Å². The van der Waals surface area contributed by atoms with Crippen LogP contribution in [0.5, 0.6) is 0 Å². The Balaban J connectivity index is 1.53. The second kappa shape index (κ2) is 8.88. The van der Waals surface area contributed by atoms with Crippen molar-refractivity contribution in [1.29, 1.82) is 0 Å². The summed E-state index contributed by atoms with van der Waals surface area (Å²) >= 11 is 1.57. The van der Waals surface area contributed by atoms with E-state index in [1.807, 2.05) is 30.5 Å². The lowest BCUT2D eigenvalue weighted by atomic mass is 10.1. The van der Waals surface area contributed by atoms with E-state index in [1.54, 1.807) is 16.7 Å². The molecule has 1 heterocycles. The van der Waals surface area contributed by atoms with Crippen molar-refractivity contribution in [1.82, 2.24) is 0 Å². The number of thioether (sulfide) groups is 1. The molecule has 2 amide bonds. The van der Waals surface area contributed by atoms with Gasteiger partial charge in [-0.15, -0.1) is 11.8 Å². The molecule has 2 aromatic rings. The van der Waals surface area contributed by atoms with Crippen LogP contribution in [-0.2, 0) is 19.1 Å². The molecule has 6 nitrogen and oxygen atoms in total. The van der Waals surface area contributed by atoms with Crippen LogP contribution in [0.25, 0.3) is 0 Å². The van der Waals surface area contributed by atoms with Crippen LogP contribution in [-0.4, -0.2) is 37.2 Å². The summed E-state index contributed by atoms with van der Waals surface area (Å²) in [5, 5.41) is 2.45. The van der Waals surface area contributed by atoms with E-state index in [0.717, 1.165) is 16.6 Å². The van der Waals surface area contributed by atoms with E-state index in [-0.39, 0.29) is 24.6 Å². The molecule has 1 aliphatic rings. The Bertz CT molecular complexity index is 905. The Morgan fingerprint density at radius 2 is 2.04 bits per heavy atom. The van der Waals surface area contributed by atoms with Gasteiger partial charge in [0.2, 0.25) is 5.91 Å². The fraction of sp³-hybridized carbons (Fsp3) is 0.250. The van der Waals surface area contributed by atoms with Crippen LogP contribution in [0.2, 0.25) is 0 Å². The van der Waals surface area contributed by atoms with Crippen LogP contribution < -0.4 is 10.2 Å². The highest BCUT2D eigenvalue weighted by Gasteiger charge is 2.36. The standard InChI is InChI=1S/C20H19FN2O4S/c1-28-17-7-3-6-16(10-17)23-11-13(8-19(23)25)20(26)27-12-18(24)22-15-5-2-4-14(21)9-15/h2-7,9-10,13H,8,11-12H2,1H3,(H,22,24)/t13-/m1/s1. The molecular weight excluding hydrogens is 383 g/mol. The molecule has 3 rings (SSSR count). The zero-order valence-electron chi connectivity index (χ0n) is 15.2. The molecule has 0 saturated carbocycles. The summed E-state index contributed by atoms with van der Waals surface area (Å²) in [5.74, 6) is -2.46. The number of rotatable bonds is 6. The molecule has 0 radical (unpaired) electrons. The van der Waals surface area contributed by atoms with Gasteiger partial charge in [-0.1, -0.05) is 12.1 Å². The van der Waals surface area contributed by atoms with Crippen molar-refractivity contribution < 1.29 is 23.5 Å². The summed E-state index contributed by atoms with van der Waals surface area (Å²) in [5.41, 5.74) is 1.01. The minimum Gasteiger partial charge on any atom is -0.455 e. The highest BCUT2D eigenvalue weighted by Crippen LogP contribution is 2.28. The van der Waals surface area contributed by atoms with Gasteiger partial charge in [-0.2, -0.15) is 0 Å². The van der Waals surface area contributed by atoms with Crippen LogP contribution in [0.4, 0.5) is 15.8 Å². The van der Waals surface area contributed by atoms with Gasteiger partial charge in [0.15, 0.2) is 6.61 Å². The lowest BCUT2D eigenvalue weighted by Crippen LogP contribution is -2.28. The molecule has 1 N–H and O–H groups in total. The zero-order chi connectivity index (χ0) is 20.1. The number of benzene rings is 2. The highest BCUT2D eigenvalue weighted by atomic mass is 32.2. The average Bonchev–Trinajstić information content (AvgIpc) is 3.08. The summed E-state index contributed by atoms with van der Waals surface area (Å²) in [6.07, 6.45) is 1.98. The van der Waals surface area contributed by atoms with Crippen molar-refractivity contribution in [2.24, 2.45) is 5.92 Å². The summed E-state index contributed by atoms with van der Waals surface area (Å²) in [7, 11) is 0. The molecule has 8 heteroatoms. The third-order valence-electron chi connectivity index (χ3n) is 4.28. The van der Waals surface area contributed by atoms with E-state index in [9.17, 15) is 18.8 Å². The Labute approximate surface area is 166 Å². The van der Waals surface area contributed by atoms with Gasteiger partial charge in [0.1, 0.15) is 5.82 Å². The smallest absolute Gasteiger partial charge is 0.311 e. The molecule has 0 spiro atoms. The first-order valence-corrected chi connectivity index (χ1v) is 9.85. The number of halogens is 1. The van der Waals surface area contributed by atoms with Gasteiger partial charge in [-0.05, 0) is 42.7 Å². The number of anilines is 2. The maximum absolute atomic E-state index is 13.1. The first-order valence-electron chi connectivity index (χ1n) is 8.62. The molecule has 2 aromatic carbocycles.